The molecular formula is C28H40N4O3. The molecule has 2 aliphatic heterocycles. The van der Waals surface area contributed by atoms with Gasteiger partial charge in [-0.25, -0.2) is 4.79 Å². The number of fused-ring (bicyclic) bond motifs is 1. The lowest BCUT2D eigenvalue weighted by molar-refractivity contribution is 0.0123. The smallest absolute Gasteiger partial charge is 0.410 e. The summed E-state index contributed by atoms with van der Waals surface area (Å²) >= 11 is 0. The van der Waals surface area contributed by atoms with Crippen molar-refractivity contribution in [1.82, 2.24) is 19.7 Å². The number of amides is 1. The first kappa shape index (κ1) is 25.5. The van der Waals surface area contributed by atoms with Gasteiger partial charge in [0.15, 0.2) is 0 Å². The molecule has 7 heteroatoms. The van der Waals surface area contributed by atoms with Crippen LogP contribution in [0.1, 0.15) is 56.5 Å². The highest BCUT2D eigenvalue weighted by atomic mass is 16.6. The minimum atomic E-state index is -0.479. The Balaban J connectivity index is 1.48. The van der Waals surface area contributed by atoms with Crippen LogP contribution in [0.2, 0.25) is 0 Å². The Bertz CT molecular complexity index is 981. The summed E-state index contributed by atoms with van der Waals surface area (Å²) in [5, 5.41) is 0. The van der Waals surface area contributed by atoms with Crippen molar-refractivity contribution >= 4 is 6.09 Å². The predicted octanol–water partition coefficient (Wildman–Crippen LogP) is 4.52. The van der Waals surface area contributed by atoms with Crippen molar-refractivity contribution in [2.24, 2.45) is 0 Å². The van der Waals surface area contributed by atoms with Crippen LogP contribution in [0, 0.1) is 0 Å². The number of likely N-dealkylation sites (N-methyl/N-ethyl adjacent to an activating group) is 1. The molecule has 1 amide bonds. The molecule has 35 heavy (non-hydrogen) atoms. The summed E-state index contributed by atoms with van der Waals surface area (Å²) in [5.41, 5.74) is 3.21. The van der Waals surface area contributed by atoms with Crippen LogP contribution in [0.4, 0.5) is 4.79 Å². The zero-order valence-corrected chi connectivity index (χ0v) is 21.9. The summed E-state index contributed by atoms with van der Waals surface area (Å²) in [4.78, 5) is 23.8. The molecule has 2 aromatic rings. The van der Waals surface area contributed by atoms with Gasteiger partial charge in [0.1, 0.15) is 17.5 Å². The molecule has 1 saturated heterocycles. The first-order valence-corrected chi connectivity index (χ1v) is 12.7. The van der Waals surface area contributed by atoms with E-state index >= 15 is 0 Å². The van der Waals surface area contributed by atoms with E-state index in [-0.39, 0.29) is 18.2 Å². The van der Waals surface area contributed by atoms with Gasteiger partial charge in [-0.3, -0.25) is 9.88 Å². The summed E-state index contributed by atoms with van der Waals surface area (Å²) in [6.07, 6.45) is 4.22. The van der Waals surface area contributed by atoms with Gasteiger partial charge >= 0.3 is 6.09 Å². The van der Waals surface area contributed by atoms with Crippen LogP contribution in [0.25, 0.3) is 0 Å². The Morgan fingerprint density at radius 2 is 1.80 bits per heavy atom. The normalized spacial score (nSPS) is 19.5. The van der Waals surface area contributed by atoms with Gasteiger partial charge in [0.25, 0.3) is 0 Å². The zero-order chi connectivity index (χ0) is 25.0. The van der Waals surface area contributed by atoms with E-state index in [1.807, 2.05) is 33.0 Å². The molecule has 190 valence electrons. The van der Waals surface area contributed by atoms with E-state index in [0.29, 0.717) is 13.1 Å². The van der Waals surface area contributed by atoms with Crippen molar-refractivity contribution in [3.8, 4) is 5.75 Å². The lowest BCUT2D eigenvalue weighted by atomic mass is 9.94. The second-order valence-corrected chi connectivity index (χ2v) is 10.9. The quantitative estimate of drug-likeness (QED) is 0.606. The number of hydrogen-bond donors (Lipinski definition) is 0. The third-order valence-electron chi connectivity index (χ3n) is 6.60. The standard InChI is InChI=1S/C28H40N4O3/c1-28(2,3)35-27(33)31-16-12-22(13-17-31)34-25-11-15-29-23-14-18-32(19-21-9-7-6-8-10-21)24(26(23)25)20-30(4)5/h6-11,15,22,24H,12-14,16-20H2,1-5H3. The molecule has 1 aromatic carbocycles. The summed E-state index contributed by atoms with van der Waals surface area (Å²) in [7, 11) is 4.25. The second kappa shape index (κ2) is 11.0. The van der Waals surface area contributed by atoms with Crippen LogP contribution >= 0.6 is 0 Å². The summed E-state index contributed by atoms with van der Waals surface area (Å²) in [5.74, 6) is 0.940. The number of likely N-dealkylation sites (tertiary alicyclic amines) is 1. The number of hydrogen-bond acceptors (Lipinski definition) is 6. The van der Waals surface area contributed by atoms with E-state index in [2.05, 4.69) is 54.2 Å². The molecule has 0 bridgehead atoms. The van der Waals surface area contributed by atoms with Crippen molar-refractivity contribution in [3.63, 3.8) is 0 Å². The molecule has 0 saturated carbocycles. The number of pyridine rings is 1. The second-order valence-electron chi connectivity index (χ2n) is 10.9. The molecule has 7 nitrogen and oxygen atoms in total. The molecule has 1 unspecified atom stereocenters. The summed E-state index contributed by atoms with van der Waals surface area (Å²) < 4.78 is 12.2. The Hall–Kier alpha value is -2.64. The molecule has 0 spiro atoms. The van der Waals surface area contributed by atoms with Crippen LogP contribution in [0.15, 0.2) is 42.6 Å². The zero-order valence-electron chi connectivity index (χ0n) is 21.9. The van der Waals surface area contributed by atoms with Gasteiger partial charge in [-0.05, 0) is 46.5 Å². The van der Waals surface area contributed by atoms with Crippen molar-refractivity contribution < 1.29 is 14.3 Å². The van der Waals surface area contributed by atoms with Crippen LogP contribution < -0.4 is 4.74 Å². The molecule has 0 radical (unpaired) electrons. The first-order chi connectivity index (χ1) is 16.7. The van der Waals surface area contributed by atoms with Crippen LogP contribution in [0.3, 0.4) is 0 Å². The lowest BCUT2D eigenvalue weighted by Crippen LogP contribution is -2.44. The number of nitrogens with zero attached hydrogens (tertiary/aromatic N) is 4. The number of aromatic nitrogens is 1. The van der Waals surface area contributed by atoms with Crippen molar-refractivity contribution in [3.05, 3.63) is 59.4 Å². The molecule has 0 N–H and O–H groups in total. The number of rotatable bonds is 6. The van der Waals surface area contributed by atoms with Crippen molar-refractivity contribution in [1.29, 1.82) is 0 Å². The number of piperidine rings is 1. The van der Waals surface area contributed by atoms with E-state index in [1.54, 1.807) is 4.90 Å². The Labute approximate surface area is 210 Å². The fourth-order valence-electron chi connectivity index (χ4n) is 4.96. The van der Waals surface area contributed by atoms with Crippen molar-refractivity contribution in [2.45, 2.75) is 64.3 Å². The first-order valence-electron chi connectivity index (χ1n) is 12.7. The maximum Gasteiger partial charge on any atom is 0.410 e. The maximum atomic E-state index is 12.4. The molecule has 3 heterocycles. The summed E-state index contributed by atoms with van der Waals surface area (Å²) in [6, 6.07) is 12.9. The fourth-order valence-corrected chi connectivity index (χ4v) is 4.96. The highest BCUT2D eigenvalue weighted by molar-refractivity contribution is 5.68. The Kier molecular flexibility index (Phi) is 7.97. The van der Waals surface area contributed by atoms with Gasteiger partial charge in [0.2, 0.25) is 0 Å². The van der Waals surface area contributed by atoms with Gasteiger partial charge in [0, 0.05) is 63.7 Å². The van der Waals surface area contributed by atoms with E-state index in [9.17, 15) is 4.79 Å². The monoisotopic (exact) mass is 480 g/mol. The molecule has 1 aromatic heterocycles. The number of carbonyl (C=O) groups is 1. The largest absolute Gasteiger partial charge is 0.490 e. The van der Waals surface area contributed by atoms with Crippen LogP contribution in [-0.2, 0) is 17.7 Å². The number of ether oxygens (including phenoxy) is 2. The lowest BCUT2D eigenvalue weighted by Gasteiger charge is -2.40. The average molecular weight is 481 g/mol. The van der Waals surface area contributed by atoms with Crippen LogP contribution in [-0.4, -0.2) is 77.8 Å². The molecule has 0 aliphatic carbocycles. The maximum absolute atomic E-state index is 12.4. The Morgan fingerprint density at radius 1 is 1.09 bits per heavy atom. The van der Waals surface area contributed by atoms with Gasteiger partial charge in [-0.1, -0.05) is 30.3 Å². The third-order valence-corrected chi connectivity index (χ3v) is 6.60. The minimum Gasteiger partial charge on any atom is -0.490 e. The van der Waals surface area contributed by atoms with E-state index < -0.39 is 5.60 Å². The van der Waals surface area contributed by atoms with Gasteiger partial charge < -0.3 is 19.3 Å². The van der Waals surface area contributed by atoms with E-state index in [4.69, 9.17) is 14.5 Å². The van der Waals surface area contributed by atoms with Crippen LogP contribution in [0.5, 0.6) is 5.75 Å². The molecule has 1 fully saturated rings. The van der Waals surface area contributed by atoms with Crippen molar-refractivity contribution in [2.75, 3.05) is 40.3 Å². The van der Waals surface area contributed by atoms with Gasteiger partial charge in [-0.15, -0.1) is 0 Å². The van der Waals surface area contributed by atoms with E-state index in [0.717, 1.165) is 50.3 Å². The number of carbonyl (C=O) groups excluding carboxylic acids is 1. The highest BCUT2D eigenvalue weighted by Crippen LogP contribution is 2.38. The average Bonchev–Trinajstić information content (AvgIpc) is 2.80. The minimum absolute atomic E-state index is 0.0738. The predicted molar refractivity (Wildman–Crippen MR) is 138 cm³/mol. The topological polar surface area (TPSA) is 58.1 Å². The SMILES string of the molecule is CN(C)CC1c2c(OC3CCN(C(=O)OC(C)(C)C)CC3)ccnc2CCN1Cc1ccccc1. The molecule has 2 aliphatic rings. The fraction of sp³-hybridized carbons (Fsp3) is 0.571. The van der Waals surface area contributed by atoms with E-state index in [1.165, 1.54) is 11.1 Å². The number of benzene rings is 1. The molecule has 4 rings (SSSR count). The molecule has 1 atom stereocenters. The highest BCUT2D eigenvalue weighted by Gasteiger charge is 2.33. The molecular weight excluding hydrogens is 440 g/mol. The third kappa shape index (κ3) is 6.73. The Morgan fingerprint density at radius 3 is 2.46 bits per heavy atom. The van der Waals surface area contributed by atoms with Gasteiger partial charge in [0.05, 0.1) is 11.7 Å². The van der Waals surface area contributed by atoms with Gasteiger partial charge in [-0.2, -0.15) is 0 Å². The summed E-state index contributed by atoms with van der Waals surface area (Å²) in [6.45, 7) is 9.78.